The molecule has 1 aromatic heterocycles. The third kappa shape index (κ3) is 4.13. The highest BCUT2D eigenvalue weighted by Gasteiger charge is 2.30. The average Bonchev–Trinajstić information content (AvgIpc) is 3.11. The van der Waals surface area contributed by atoms with Crippen molar-refractivity contribution < 1.29 is 22.7 Å². The molecule has 0 aliphatic carbocycles. The Bertz CT molecular complexity index is 761. The minimum Gasteiger partial charge on any atom is -0.439 e. The van der Waals surface area contributed by atoms with Crippen LogP contribution in [-0.4, -0.2) is 35.4 Å². The van der Waals surface area contributed by atoms with Crippen LogP contribution in [0.25, 0.3) is 0 Å². The van der Waals surface area contributed by atoms with Crippen LogP contribution in [0.5, 0.6) is 11.6 Å². The predicted octanol–water partition coefficient (Wildman–Crippen LogP) is 3.31. The van der Waals surface area contributed by atoms with Gasteiger partial charge in [-0.05, 0) is 49.2 Å². The van der Waals surface area contributed by atoms with E-state index in [1.54, 1.807) is 29.2 Å². The van der Waals surface area contributed by atoms with Gasteiger partial charge in [0.15, 0.2) is 0 Å². The zero-order valence-corrected chi connectivity index (χ0v) is 13.9. The first-order chi connectivity index (χ1) is 12.4. The van der Waals surface area contributed by atoms with Crippen molar-refractivity contribution in [1.29, 1.82) is 0 Å². The number of carbonyl (C=O) groups is 1. The van der Waals surface area contributed by atoms with Gasteiger partial charge in [0, 0.05) is 30.9 Å². The highest BCUT2D eigenvalue weighted by Crippen LogP contribution is 2.30. The van der Waals surface area contributed by atoms with Crippen LogP contribution in [0.2, 0.25) is 0 Å². The summed E-state index contributed by atoms with van der Waals surface area (Å²) in [4.78, 5) is 17.9. The molecular weight excluding hydrogens is 347 g/mol. The van der Waals surface area contributed by atoms with Gasteiger partial charge in [-0.3, -0.25) is 4.79 Å². The number of pyridine rings is 1. The quantitative estimate of drug-likeness (QED) is 0.903. The molecule has 2 aromatic rings. The molecule has 1 fully saturated rings. The van der Waals surface area contributed by atoms with Crippen LogP contribution in [0.3, 0.4) is 0 Å². The van der Waals surface area contributed by atoms with Gasteiger partial charge in [0.05, 0.1) is 5.56 Å². The SMILES string of the molecule is NCC1CCN(C(=O)c2ccc(Oc3ccc(C(F)(F)F)cn3)cc2)C1. The van der Waals surface area contributed by atoms with E-state index in [1.165, 1.54) is 0 Å². The van der Waals surface area contributed by atoms with Gasteiger partial charge in [0.25, 0.3) is 5.91 Å². The first-order valence-electron chi connectivity index (χ1n) is 8.17. The number of likely N-dealkylation sites (tertiary alicyclic amines) is 1. The summed E-state index contributed by atoms with van der Waals surface area (Å²) < 4.78 is 43.0. The number of ether oxygens (including phenoxy) is 1. The van der Waals surface area contributed by atoms with E-state index in [1.807, 2.05) is 0 Å². The standard InChI is InChI=1S/C18H18F3N3O2/c19-18(20,21)14-3-6-16(23-10-14)26-15-4-1-13(2-5-15)17(25)24-8-7-12(9-22)11-24/h1-6,10,12H,7-9,11,22H2. The van der Waals surface area contributed by atoms with Gasteiger partial charge in [0.1, 0.15) is 5.75 Å². The largest absolute Gasteiger partial charge is 0.439 e. The zero-order valence-electron chi connectivity index (χ0n) is 13.9. The Morgan fingerprint density at radius 1 is 1.23 bits per heavy atom. The van der Waals surface area contributed by atoms with Crippen LogP contribution in [0.4, 0.5) is 13.2 Å². The number of benzene rings is 1. The summed E-state index contributed by atoms with van der Waals surface area (Å²) in [5, 5.41) is 0. The monoisotopic (exact) mass is 365 g/mol. The smallest absolute Gasteiger partial charge is 0.417 e. The fraction of sp³-hybridized carbons (Fsp3) is 0.333. The lowest BCUT2D eigenvalue weighted by Gasteiger charge is -2.16. The van der Waals surface area contributed by atoms with Gasteiger partial charge in [-0.15, -0.1) is 0 Å². The summed E-state index contributed by atoms with van der Waals surface area (Å²) in [6.45, 7) is 1.91. The van der Waals surface area contributed by atoms with Crippen molar-refractivity contribution in [2.45, 2.75) is 12.6 Å². The van der Waals surface area contributed by atoms with Crippen molar-refractivity contribution >= 4 is 5.91 Å². The molecule has 1 aliphatic rings. The van der Waals surface area contributed by atoms with Gasteiger partial charge >= 0.3 is 6.18 Å². The Kier molecular flexibility index (Phi) is 5.13. The van der Waals surface area contributed by atoms with Crippen LogP contribution in [0.1, 0.15) is 22.3 Å². The van der Waals surface area contributed by atoms with Gasteiger partial charge in [0.2, 0.25) is 5.88 Å². The van der Waals surface area contributed by atoms with Crippen LogP contribution in [-0.2, 0) is 6.18 Å². The number of carbonyl (C=O) groups excluding carboxylic acids is 1. The van der Waals surface area contributed by atoms with E-state index in [2.05, 4.69) is 4.98 Å². The van der Waals surface area contributed by atoms with Crippen molar-refractivity contribution in [3.05, 3.63) is 53.7 Å². The third-order valence-corrected chi connectivity index (χ3v) is 4.29. The number of aromatic nitrogens is 1. The van der Waals surface area contributed by atoms with E-state index >= 15 is 0 Å². The summed E-state index contributed by atoms with van der Waals surface area (Å²) in [5.41, 5.74) is 5.32. The van der Waals surface area contributed by atoms with Crippen LogP contribution in [0.15, 0.2) is 42.6 Å². The summed E-state index contributed by atoms with van der Waals surface area (Å²) >= 11 is 0. The van der Waals surface area contributed by atoms with Gasteiger partial charge in [-0.1, -0.05) is 0 Å². The van der Waals surface area contributed by atoms with Gasteiger partial charge < -0.3 is 15.4 Å². The molecule has 2 N–H and O–H groups in total. The topological polar surface area (TPSA) is 68.5 Å². The average molecular weight is 365 g/mol. The van der Waals surface area contributed by atoms with E-state index in [9.17, 15) is 18.0 Å². The molecule has 3 rings (SSSR count). The molecule has 5 nitrogen and oxygen atoms in total. The van der Waals surface area contributed by atoms with Crippen LogP contribution in [0, 0.1) is 5.92 Å². The molecule has 0 saturated carbocycles. The van der Waals surface area contributed by atoms with E-state index in [-0.39, 0.29) is 11.8 Å². The summed E-state index contributed by atoms with van der Waals surface area (Å²) in [6.07, 6.45) is -2.82. The molecule has 1 aliphatic heterocycles. The Balaban J connectivity index is 1.63. The Morgan fingerprint density at radius 3 is 2.50 bits per heavy atom. The van der Waals surface area contributed by atoms with Crippen molar-refractivity contribution in [3.63, 3.8) is 0 Å². The molecule has 8 heteroatoms. The summed E-state index contributed by atoms with van der Waals surface area (Å²) in [6, 6.07) is 8.47. The number of rotatable bonds is 4. The molecule has 0 bridgehead atoms. The molecule has 2 heterocycles. The molecule has 138 valence electrons. The Morgan fingerprint density at radius 2 is 1.96 bits per heavy atom. The number of nitrogens with two attached hydrogens (primary N) is 1. The Labute approximate surface area is 148 Å². The lowest BCUT2D eigenvalue weighted by molar-refractivity contribution is -0.137. The van der Waals surface area contributed by atoms with Crippen molar-refractivity contribution in [2.75, 3.05) is 19.6 Å². The maximum Gasteiger partial charge on any atom is 0.417 e. The number of nitrogens with zero attached hydrogens (tertiary/aromatic N) is 2. The van der Waals surface area contributed by atoms with Gasteiger partial charge in [-0.25, -0.2) is 4.98 Å². The minimum absolute atomic E-state index is 0.0439. The molecule has 1 amide bonds. The first kappa shape index (κ1) is 18.2. The Hall–Kier alpha value is -2.61. The number of hydrogen-bond acceptors (Lipinski definition) is 4. The summed E-state index contributed by atoms with van der Waals surface area (Å²) in [7, 11) is 0. The van der Waals surface area contributed by atoms with E-state index < -0.39 is 11.7 Å². The normalized spacial score (nSPS) is 17.4. The van der Waals surface area contributed by atoms with Crippen molar-refractivity contribution in [2.24, 2.45) is 11.7 Å². The fourth-order valence-electron chi connectivity index (χ4n) is 2.79. The first-order valence-corrected chi connectivity index (χ1v) is 8.17. The number of alkyl halides is 3. The lowest BCUT2D eigenvalue weighted by atomic mass is 10.1. The second-order valence-electron chi connectivity index (χ2n) is 6.15. The molecule has 1 atom stereocenters. The number of halogens is 3. The molecule has 26 heavy (non-hydrogen) atoms. The van der Waals surface area contributed by atoms with E-state index in [4.69, 9.17) is 10.5 Å². The summed E-state index contributed by atoms with van der Waals surface area (Å²) in [5.74, 6) is 0.699. The van der Waals surface area contributed by atoms with E-state index in [0.29, 0.717) is 43.1 Å². The second-order valence-corrected chi connectivity index (χ2v) is 6.15. The highest BCUT2D eigenvalue weighted by atomic mass is 19.4. The van der Waals surface area contributed by atoms with Crippen molar-refractivity contribution in [1.82, 2.24) is 9.88 Å². The molecular formula is C18H18F3N3O2. The molecule has 0 spiro atoms. The highest BCUT2D eigenvalue weighted by molar-refractivity contribution is 5.94. The predicted molar refractivity (Wildman–Crippen MR) is 88.8 cm³/mol. The lowest BCUT2D eigenvalue weighted by Crippen LogP contribution is -2.29. The van der Waals surface area contributed by atoms with E-state index in [0.717, 1.165) is 18.6 Å². The van der Waals surface area contributed by atoms with Crippen LogP contribution < -0.4 is 10.5 Å². The molecule has 0 radical (unpaired) electrons. The zero-order chi connectivity index (χ0) is 18.7. The maximum atomic E-state index is 12.5. The van der Waals surface area contributed by atoms with Gasteiger partial charge in [-0.2, -0.15) is 13.2 Å². The fourth-order valence-corrected chi connectivity index (χ4v) is 2.79. The molecule has 1 saturated heterocycles. The minimum atomic E-state index is -4.44. The molecule has 1 unspecified atom stereocenters. The maximum absolute atomic E-state index is 12.5. The van der Waals surface area contributed by atoms with Crippen LogP contribution >= 0.6 is 0 Å². The van der Waals surface area contributed by atoms with Crippen molar-refractivity contribution in [3.8, 4) is 11.6 Å². The number of hydrogen-bond donors (Lipinski definition) is 1. The molecule has 1 aromatic carbocycles. The number of amides is 1. The third-order valence-electron chi connectivity index (χ3n) is 4.29. The second kappa shape index (κ2) is 7.33.